The number of nitrogen functional groups attached to an aromatic ring is 1. The predicted octanol–water partition coefficient (Wildman–Crippen LogP) is 1.90. The van der Waals surface area contributed by atoms with Gasteiger partial charge < -0.3 is 15.5 Å². The van der Waals surface area contributed by atoms with Gasteiger partial charge >= 0.3 is 0 Å². The molecule has 3 nitrogen and oxygen atoms in total. The van der Waals surface area contributed by atoms with E-state index in [2.05, 4.69) is 43.0 Å². The fourth-order valence-electron chi connectivity index (χ4n) is 1.48. The van der Waals surface area contributed by atoms with Crippen molar-refractivity contribution in [2.45, 2.75) is 6.92 Å². The summed E-state index contributed by atoms with van der Waals surface area (Å²) in [6, 6.07) is 8.06. The Morgan fingerprint density at radius 2 is 1.73 bits per heavy atom. The molecular formula is C12H23N3. The zero-order valence-electron chi connectivity index (χ0n) is 9.90. The van der Waals surface area contributed by atoms with E-state index < -0.39 is 0 Å². The minimum Gasteiger partial charge on any atom is -0.399 e. The Bertz CT molecular complexity index is 285. The van der Waals surface area contributed by atoms with E-state index in [1.165, 1.54) is 5.69 Å². The molecule has 0 aliphatic carbocycles. The summed E-state index contributed by atoms with van der Waals surface area (Å²) in [7, 11) is 4.19. The molecule has 0 unspecified atom stereocenters. The van der Waals surface area contributed by atoms with Crippen molar-refractivity contribution in [1.29, 1.82) is 0 Å². The Morgan fingerprint density at radius 1 is 1.13 bits per heavy atom. The lowest BCUT2D eigenvalue weighted by molar-refractivity contribution is 0.414. The third kappa shape index (κ3) is 3.80. The van der Waals surface area contributed by atoms with Gasteiger partial charge in [-0.3, -0.25) is 0 Å². The zero-order valence-corrected chi connectivity index (χ0v) is 9.90. The van der Waals surface area contributed by atoms with Crippen LogP contribution in [0.15, 0.2) is 24.3 Å². The number of nitrogens with zero attached hydrogens (tertiary/aromatic N) is 2. The SMILES string of the molecule is CCN(CCN(C)C)c1ccc(N)cc1.[HH]. The number of rotatable bonds is 5. The summed E-state index contributed by atoms with van der Waals surface area (Å²) in [4.78, 5) is 4.54. The van der Waals surface area contributed by atoms with Gasteiger partial charge in [0.2, 0.25) is 0 Å². The molecule has 0 spiro atoms. The molecular weight excluding hydrogens is 186 g/mol. The normalized spacial score (nSPS) is 10.7. The number of hydrogen-bond donors (Lipinski definition) is 1. The van der Waals surface area contributed by atoms with Gasteiger partial charge in [-0.15, -0.1) is 0 Å². The van der Waals surface area contributed by atoms with Crippen LogP contribution in [-0.2, 0) is 0 Å². The van der Waals surface area contributed by atoms with Crippen molar-refractivity contribution in [1.82, 2.24) is 4.90 Å². The molecule has 15 heavy (non-hydrogen) atoms. The van der Waals surface area contributed by atoms with Gasteiger partial charge in [0.05, 0.1) is 0 Å². The van der Waals surface area contributed by atoms with Gasteiger partial charge in [-0.2, -0.15) is 0 Å². The molecule has 0 aliphatic rings. The minimum absolute atomic E-state index is 0. The molecule has 1 aromatic carbocycles. The van der Waals surface area contributed by atoms with Crippen LogP contribution in [0.4, 0.5) is 11.4 Å². The zero-order chi connectivity index (χ0) is 11.3. The summed E-state index contributed by atoms with van der Waals surface area (Å²) >= 11 is 0. The second kappa shape index (κ2) is 5.61. The van der Waals surface area contributed by atoms with Gasteiger partial charge in [0.15, 0.2) is 0 Å². The van der Waals surface area contributed by atoms with Crippen LogP contribution >= 0.6 is 0 Å². The molecule has 0 amide bonds. The first-order valence-corrected chi connectivity index (χ1v) is 5.38. The second-order valence-corrected chi connectivity index (χ2v) is 3.97. The van der Waals surface area contributed by atoms with E-state index in [-0.39, 0.29) is 1.43 Å². The maximum atomic E-state index is 5.66. The molecule has 3 heteroatoms. The minimum atomic E-state index is 0. The third-order valence-electron chi connectivity index (χ3n) is 2.46. The molecule has 0 atom stereocenters. The summed E-state index contributed by atoms with van der Waals surface area (Å²) in [5.41, 5.74) is 7.73. The fraction of sp³-hybridized carbons (Fsp3) is 0.500. The van der Waals surface area contributed by atoms with Crippen molar-refractivity contribution < 1.29 is 1.43 Å². The lowest BCUT2D eigenvalue weighted by atomic mass is 10.2. The van der Waals surface area contributed by atoms with Crippen molar-refractivity contribution in [2.75, 3.05) is 44.4 Å². The van der Waals surface area contributed by atoms with Gasteiger partial charge in [0.1, 0.15) is 0 Å². The predicted molar refractivity (Wildman–Crippen MR) is 69.4 cm³/mol. The molecule has 0 saturated heterocycles. The highest BCUT2D eigenvalue weighted by atomic mass is 15.2. The topological polar surface area (TPSA) is 32.5 Å². The van der Waals surface area contributed by atoms with E-state index in [9.17, 15) is 0 Å². The Kier molecular flexibility index (Phi) is 4.43. The Hall–Kier alpha value is -1.22. The van der Waals surface area contributed by atoms with Crippen LogP contribution < -0.4 is 10.6 Å². The largest absolute Gasteiger partial charge is 0.399 e. The average molecular weight is 209 g/mol. The van der Waals surface area contributed by atoms with Crippen molar-refractivity contribution in [3.05, 3.63) is 24.3 Å². The van der Waals surface area contributed by atoms with Gasteiger partial charge in [-0.05, 0) is 45.3 Å². The first kappa shape index (κ1) is 11.9. The molecule has 0 bridgehead atoms. The number of likely N-dealkylation sites (N-methyl/N-ethyl adjacent to an activating group) is 2. The molecule has 1 aromatic rings. The van der Waals surface area contributed by atoms with E-state index in [1.54, 1.807) is 0 Å². The van der Waals surface area contributed by atoms with Crippen molar-refractivity contribution in [3.8, 4) is 0 Å². The lowest BCUT2D eigenvalue weighted by Gasteiger charge is -2.24. The van der Waals surface area contributed by atoms with E-state index in [1.807, 2.05) is 12.1 Å². The molecule has 0 fully saturated rings. The molecule has 0 aromatic heterocycles. The summed E-state index contributed by atoms with van der Waals surface area (Å²) in [6.45, 7) is 5.31. The fourth-order valence-corrected chi connectivity index (χ4v) is 1.48. The number of hydrogen-bond acceptors (Lipinski definition) is 3. The summed E-state index contributed by atoms with van der Waals surface area (Å²) in [5, 5.41) is 0. The van der Waals surface area contributed by atoms with Crippen LogP contribution in [0.25, 0.3) is 0 Å². The molecule has 86 valence electrons. The highest BCUT2D eigenvalue weighted by Crippen LogP contribution is 2.15. The molecule has 0 heterocycles. The van der Waals surface area contributed by atoms with Crippen molar-refractivity contribution in [2.24, 2.45) is 0 Å². The van der Waals surface area contributed by atoms with Crippen LogP contribution in [0.1, 0.15) is 8.35 Å². The Morgan fingerprint density at radius 3 is 2.20 bits per heavy atom. The lowest BCUT2D eigenvalue weighted by Crippen LogP contribution is -2.31. The van der Waals surface area contributed by atoms with Crippen LogP contribution in [0.3, 0.4) is 0 Å². The molecule has 0 radical (unpaired) electrons. The van der Waals surface area contributed by atoms with Crippen LogP contribution in [0.5, 0.6) is 0 Å². The van der Waals surface area contributed by atoms with Gasteiger partial charge in [0, 0.05) is 32.4 Å². The second-order valence-electron chi connectivity index (χ2n) is 3.97. The summed E-state index contributed by atoms with van der Waals surface area (Å²) in [6.07, 6.45) is 0. The highest BCUT2D eigenvalue weighted by molar-refractivity contribution is 5.52. The van der Waals surface area contributed by atoms with E-state index in [4.69, 9.17) is 5.73 Å². The van der Waals surface area contributed by atoms with E-state index in [0.29, 0.717) is 0 Å². The first-order valence-electron chi connectivity index (χ1n) is 5.38. The van der Waals surface area contributed by atoms with E-state index >= 15 is 0 Å². The summed E-state index contributed by atoms with van der Waals surface area (Å²) < 4.78 is 0. The number of benzene rings is 1. The highest BCUT2D eigenvalue weighted by Gasteiger charge is 2.03. The van der Waals surface area contributed by atoms with Gasteiger partial charge in [-0.1, -0.05) is 0 Å². The van der Waals surface area contributed by atoms with Crippen molar-refractivity contribution >= 4 is 11.4 Å². The maximum absolute atomic E-state index is 5.66. The molecule has 2 N–H and O–H groups in total. The molecule has 0 aliphatic heterocycles. The van der Waals surface area contributed by atoms with Gasteiger partial charge in [0.25, 0.3) is 0 Å². The molecule has 0 saturated carbocycles. The quantitative estimate of drug-likeness (QED) is 0.752. The van der Waals surface area contributed by atoms with Crippen LogP contribution in [-0.4, -0.2) is 38.6 Å². The van der Waals surface area contributed by atoms with E-state index in [0.717, 1.165) is 25.3 Å². The summed E-state index contributed by atoms with van der Waals surface area (Å²) in [5.74, 6) is 0. The standard InChI is InChI=1S/C12H21N3.H2/c1-4-15(10-9-14(2)3)12-7-5-11(13)6-8-12;/h5-8H,4,9-10,13H2,1-3H3;1H. The average Bonchev–Trinajstić information content (AvgIpc) is 2.21. The smallest absolute Gasteiger partial charge is 0.0368 e. The molecule has 1 rings (SSSR count). The Labute approximate surface area is 94.0 Å². The number of anilines is 2. The van der Waals surface area contributed by atoms with Gasteiger partial charge in [-0.25, -0.2) is 0 Å². The monoisotopic (exact) mass is 209 g/mol. The Balaban J connectivity index is 0.00000225. The first-order chi connectivity index (χ1) is 7.13. The van der Waals surface area contributed by atoms with Crippen LogP contribution in [0, 0.1) is 0 Å². The van der Waals surface area contributed by atoms with Crippen LogP contribution in [0.2, 0.25) is 0 Å². The van der Waals surface area contributed by atoms with Crippen molar-refractivity contribution in [3.63, 3.8) is 0 Å². The maximum Gasteiger partial charge on any atom is 0.0368 e. The third-order valence-corrected chi connectivity index (χ3v) is 2.46. The number of nitrogens with two attached hydrogens (primary N) is 1.